The molecule has 0 saturated heterocycles. The zero-order valence-corrected chi connectivity index (χ0v) is 11.8. The zero-order chi connectivity index (χ0) is 16.2. The van der Waals surface area contributed by atoms with E-state index in [4.69, 9.17) is 0 Å². The summed E-state index contributed by atoms with van der Waals surface area (Å²) in [6, 6.07) is 12.3. The quantitative estimate of drug-likeness (QED) is 0.806. The molecule has 0 aliphatic carbocycles. The number of aromatic nitrogens is 3. The molecule has 3 aromatic rings. The Bertz CT molecular complexity index is 881. The Labute approximate surface area is 130 Å². The summed E-state index contributed by atoms with van der Waals surface area (Å²) in [5.74, 6) is -0.235. The monoisotopic (exact) mass is 307 g/mol. The van der Waals surface area contributed by atoms with E-state index in [1.54, 1.807) is 24.4 Å². The first-order valence-corrected chi connectivity index (χ1v) is 6.65. The van der Waals surface area contributed by atoms with Crippen LogP contribution in [-0.4, -0.2) is 20.7 Å². The number of pyridine rings is 1. The molecule has 1 amide bonds. The van der Waals surface area contributed by atoms with E-state index in [0.29, 0.717) is 5.82 Å². The predicted molar refractivity (Wildman–Crippen MR) is 80.4 cm³/mol. The van der Waals surface area contributed by atoms with Crippen LogP contribution >= 0.6 is 0 Å². The number of nitrogens with one attached hydrogen (secondary N) is 1. The third kappa shape index (κ3) is 2.91. The molecule has 0 aliphatic heterocycles. The van der Waals surface area contributed by atoms with E-state index in [1.807, 2.05) is 6.07 Å². The van der Waals surface area contributed by atoms with Gasteiger partial charge in [0.2, 0.25) is 0 Å². The fraction of sp³-hybridized carbons (Fsp3) is 0. The summed E-state index contributed by atoms with van der Waals surface area (Å²) >= 11 is 0. The van der Waals surface area contributed by atoms with Crippen molar-refractivity contribution < 1.29 is 9.18 Å². The predicted octanol–water partition coefficient (Wildman–Crippen LogP) is 2.53. The third-order valence-electron chi connectivity index (χ3n) is 3.09. The van der Waals surface area contributed by atoms with Crippen molar-refractivity contribution >= 4 is 11.7 Å². The SMILES string of the molecule is N#Cc1cnn(-c2ccccn2)c1NC(=O)c1ccc(F)cc1. The molecular weight excluding hydrogens is 297 g/mol. The van der Waals surface area contributed by atoms with Crippen LogP contribution in [0.1, 0.15) is 15.9 Å². The number of halogens is 1. The molecule has 1 N–H and O–H groups in total. The van der Waals surface area contributed by atoms with Gasteiger partial charge in [-0.05, 0) is 36.4 Å². The van der Waals surface area contributed by atoms with Gasteiger partial charge in [0.25, 0.3) is 5.91 Å². The molecule has 0 unspecified atom stereocenters. The van der Waals surface area contributed by atoms with E-state index in [1.165, 1.54) is 35.1 Å². The lowest BCUT2D eigenvalue weighted by atomic mass is 10.2. The van der Waals surface area contributed by atoms with Gasteiger partial charge in [-0.1, -0.05) is 6.07 Å². The maximum absolute atomic E-state index is 12.9. The Balaban J connectivity index is 1.96. The Morgan fingerprint density at radius 2 is 2.00 bits per heavy atom. The fourth-order valence-corrected chi connectivity index (χ4v) is 1.98. The van der Waals surface area contributed by atoms with Crippen LogP contribution in [0.4, 0.5) is 10.2 Å². The van der Waals surface area contributed by atoms with Crippen molar-refractivity contribution in [2.75, 3.05) is 5.32 Å². The molecule has 1 aromatic carbocycles. The highest BCUT2D eigenvalue weighted by atomic mass is 19.1. The van der Waals surface area contributed by atoms with Gasteiger partial charge in [0.1, 0.15) is 17.4 Å². The van der Waals surface area contributed by atoms with E-state index in [2.05, 4.69) is 15.4 Å². The summed E-state index contributed by atoms with van der Waals surface area (Å²) in [6.07, 6.45) is 2.92. The number of carbonyl (C=O) groups is 1. The molecule has 2 aromatic heterocycles. The number of nitriles is 1. The Kier molecular flexibility index (Phi) is 3.80. The number of hydrogen-bond acceptors (Lipinski definition) is 4. The van der Waals surface area contributed by atoms with Crippen LogP contribution in [0.25, 0.3) is 5.82 Å². The standard InChI is InChI=1S/C16H10FN5O/c17-13-6-4-11(5-7-13)16(23)21-15-12(9-18)10-20-22(15)14-3-1-2-8-19-14/h1-8,10H,(H,21,23). The van der Waals surface area contributed by atoms with E-state index >= 15 is 0 Å². The van der Waals surface area contributed by atoms with Crippen LogP contribution in [0, 0.1) is 17.1 Å². The smallest absolute Gasteiger partial charge is 0.256 e. The van der Waals surface area contributed by atoms with Crippen LogP contribution in [0.2, 0.25) is 0 Å². The molecule has 0 aliphatic rings. The van der Waals surface area contributed by atoms with Crippen LogP contribution in [0.15, 0.2) is 54.9 Å². The van der Waals surface area contributed by atoms with Gasteiger partial charge < -0.3 is 5.32 Å². The van der Waals surface area contributed by atoms with Gasteiger partial charge in [0, 0.05) is 11.8 Å². The van der Waals surface area contributed by atoms with Gasteiger partial charge in [-0.25, -0.2) is 9.37 Å². The lowest BCUT2D eigenvalue weighted by Gasteiger charge is -2.08. The molecule has 0 bridgehead atoms. The number of hydrogen-bond donors (Lipinski definition) is 1. The normalized spacial score (nSPS) is 10.1. The Hall–Kier alpha value is -3.53. The Morgan fingerprint density at radius 1 is 1.22 bits per heavy atom. The molecule has 0 radical (unpaired) electrons. The van der Waals surface area contributed by atoms with Crippen molar-refractivity contribution in [2.45, 2.75) is 0 Å². The summed E-state index contributed by atoms with van der Waals surface area (Å²) in [5, 5.41) is 15.9. The van der Waals surface area contributed by atoms with Crippen molar-refractivity contribution in [1.29, 1.82) is 5.26 Å². The minimum Gasteiger partial charge on any atom is -0.305 e. The average molecular weight is 307 g/mol. The second-order valence-corrected chi connectivity index (χ2v) is 4.58. The highest BCUT2D eigenvalue weighted by Crippen LogP contribution is 2.19. The number of carbonyl (C=O) groups excluding carboxylic acids is 1. The van der Waals surface area contributed by atoms with E-state index in [9.17, 15) is 14.4 Å². The first-order chi connectivity index (χ1) is 11.2. The minimum absolute atomic E-state index is 0.200. The first kappa shape index (κ1) is 14.4. The van der Waals surface area contributed by atoms with Gasteiger partial charge in [-0.2, -0.15) is 15.0 Å². The molecule has 0 atom stereocenters. The molecule has 112 valence electrons. The second kappa shape index (κ2) is 6.07. The highest BCUT2D eigenvalue weighted by molar-refractivity contribution is 6.04. The molecule has 3 rings (SSSR count). The van der Waals surface area contributed by atoms with E-state index in [0.717, 1.165) is 0 Å². The molecule has 7 heteroatoms. The van der Waals surface area contributed by atoms with Crippen LogP contribution in [0.3, 0.4) is 0 Å². The summed E-state index contributed by atoms with van der Waals surface area (Å²) < 4.78 is 14.3. The van der Waals surface area contributed by atoms with Gasteiger partial charge >= 0.3 is 0 Å². The molecular formula is C16H10FN5O. The average Bonchev–Trinajstić information content (AvgIpc) is 2.99. The molecule has 23 heavy (non-hydrogen) atoms. The number of amides is 1. The minimum atomic E-state index is -0.473. The van der Waals surface area contributed by atoms with Gasteiger partial charge in [-0.15, -0.1) is 0 Å². The van der Waals surface area contributed by atoms with Crippen LogP contribution in [0.5, 0.6) is 0 Å². The summed E-state index contributed by atoms with van der Waals surface area (Å²) in [6.45, 7) is 0. The van der Waals surface area contributed by atoms with Crippen molar-refractivity contribution in [3.8, 4) is 11.9 Å². The van der Waals surface area contributed by atoms with Gasteiger partial charge in [0.15, 0.2) is 11.6 Å². The van der Waals surface area contributed by atoms with Crippen molar-refractivity contribution in [3.05, 3.63) is 71.8 Å². The van der Waals surface area contributed by atoms with Crippen LogP contribution in [-0.2, 0) is 0 Å². The number of rotatable bonds is 3. The molecule has 0 saturated carbocycles. The van der Waals surface area contributed by atoms with E-state index in [-0.39, 0.29) is 16.9 Å². The number of anilines is 1. The maximum Gasteiger partial charge on any atom is 0.256 e. The third-order valence-corrected chi connectivity index (χ3v) is 3.09. The van der Waals surface area contributed by atoms with Crippen molar-refractivity contribution in [2.24, 2.45) is 0 Å². The molecule has 6 nitrogen and oxygen atoms in total. The maximum atomic E-state index is 12.9. The molecule has 2 heterocycles. The molecule has 0 spiro atoms. The largest absolute Gasteiger partial charge is 0.305 e. The summed E-state index contributed by atoms with van der Waals surface area (Å²) in [4.78, 5) is 16.4. The van der Waals surface area contributed by atoms with Gasteiger partial charge in [-0.3, -0.25) is 4.79 Å². The van der Waals surface area contributed by atoms with Crippen molar-refractivity contribution in [1.82, 2.24) is 14.8 Å². The summed E-state index contributed by atoms with van der Waals surface area (Å²) in [5.41, 5.74) is 0.468. The van der Waals surface area contributed by atoms with E-state index < -0.39 is 11.7 Å². The number of nitrogens with zero attached hydrogens (tertiary/aromatic N) is 4. The first-order valence-electron chi connectivity index (χ1n) is 6.65. The van der Waals surface area contributed by atoms with Gasteiger partial charge in [0.05, 0.1) is 6.20 Å². The van der Waals surface area contributed by atoms with Crippen molar-refractivity contribution in [3.63, 3.8) is 0 Å². The fourth-order valence-electron chi connectivity index (χ4n) is 1.98. The molecule has 0 fully saturated rings. The number of benzene rings is 1. The highest BCUT2D eigenvalue weighted by Gasteiger charge is 2.16. The second-order valence-electron chi connectivity index (χ2n) is 4.58. The zero-order valence-electron chi connectivity index (χ0n) is 11.8. The summed E-state index contributed by atoms with van der Waals surface area (Å²) in [7, 11) is 0. The Morgan fingerprint density at radius 3 is 2.65 bits per heavy atom. The lowest BCUT2D eigenvalue weighted by molar-refractivity contribution is 0.102. The lowest BCUT2D eigenvalue weighted by Crippen LogP contribution is -2.16. The van der Waals surface area contributed by atoms with Crippen LogP contribution < -0.4 is 5.32 Å². The topological polar surface area (TPSA) is 83.6 Å².